The van der Waals surface area contributed by atoms with E-state index in [9.17, 15) is 19.5 Å². The summed E-state index contributed by atoms with van der Waals surface area (Å²) in [4.78, 5) is 45.1. The molecule has 3 heterocycles. The number of hydrogen-bond acceptors (Lipinski definition) is 8. The molecule has 3 aliphatic carbocycles. The molecule has 1 spiro atoms. The van der Waals surface area contributed by atoms with Crippen molar-refractivity contribution in [1.29, 1.82) is 0 Å². The number of aromatic hydroxyl groups is 1. The van der Waals surface area contributed by atoms with Crippen molar-refractivity contribution in [2.75, 3.05) is 26.2 Å². The van der Waals surface area contributed by atoms with Crippen molar-refractivity contribution in [2.24, 2.45) is 11.8 Å². The fourth-order valence-corrected chi connectivity index (χ4v) is 9.18. The average molecular weight is 727 g/mol. The lowest BCUT2D eigenvalue weighted by Gasteiger charge is -2.56. The van der Waals surface area contributed by atoms with Crippen LogP contribution in [0.15, 0.2) is 52.7 Å². The van der Waals surface area contributed by atoms with Gasteiger partial charge in [0, 0.05) is 48.1 Å². The normalized spacial score (nSPS) is 28.7. The van der Waals surface area contributed by atoms with E-state index in [1.54, 1.807) is 19.1 Å². The Morgan fingerprint density at radius 2 is 1.70 bits per heavy atom. The summed E-state index contributed by atoms with van der Waals surface area (Å²) in [5.74, 6) is -1.11. The number of carbonyl (C=O) groups excluding carboxylic acids is 3. The zero-order valence-corrected chi connectivity index (χ0v) is 33.3. The third kappa shape index (κ3) is 6.31. The summed E-state index contributed by atoms with van der Waals surface area (Å²) in [6, 6.07) is 0. The number of phenolic OH excluding ortho intramolecular Hbond substituents is 1. The predicted molar refractivity (Wildman–Crippen MR) is 207 cm³/mol. The summed E-state index contributed by atoms with van der Waals surface area (Å²) in [5, 5.41) is 14.9. The van der Waals surface area contributed by atoms with Gasteiger partial charge in [-0.05, 0) is 106 Å². The molecule has 286 valence electrons. The molecule has 4 bridgehead atoms. The van der Waals surface area contributed by atoms with Gasteiger partial charge < -0.3 is 29.5 Å². The van der Waals surface area contributed by atoms with Crippen LogP contribution in [-0.2, 0) is 20.7 Å². The molecule has 5 atom stereocenters. The molecule has 1 saturated carbocycles. The minimum absolute atomic E-state index is 0.0550. The molecule has 7 rings (SSSR count). The van der Waals surface area contributed by atoms with Crippen LogP contribution in [0.1, 0.15) is 116 Å². The number of likely N-dealkylation sites (N-methyl/N-ethyl adjacent to an activating group) is 1. The number of nitrogens with one attached hydrogen (secondary N) is 1. The van der Waals surface area contributed by atoms with E-state index < -0.39 is 28.3 Å². The summed E-state index contributed by atoms with van der Waals surface area (Å²) in [6.45, 7) is 23.1. The predicted octanol–water partition coefficient (Wildman–Crippen LogP) is 7.61. The molecule has 0 radical (unpaired) electrons. The van der Waals surface area contributed by atoms with Gasteiger partial charge in [-0.15, -0.1) is 0 Å². The van der Waals surface area contributed by atoms with Gasteiger partial charge in [-0.25, -0.2) is 0 Å². The summed E-state index contributed by atoms with van der Waals surface area (Å²) < 4.78 is 21.0. The van der Waals surface area contributed by atoms with E-state index in [-0.39, 0.29) is 46.9 Å². The fourth-order valence-electron chi connectivity index (χ4n) is 9.18. The van der Waals surface area contributed by atoms with Crippen LogP contribution in [0.3, 0.4) is 0 Å². The number of phenols is 1. The zero-order valence-electron chi connectivity index (χ0n) is 33.3. The Balaban J connectivity index is 1.47. The first-order valence-electron chi connectivity index (χ1n) is 19.4. The molecular formula is C44H58N2O7. The van der Waals surface area contributed by atoms with Crippen LogP contribution in [0.25, 0.3) is 6.08 Å². The van der Waals surface area contributed by atoms with Crippen LogP contribution in [0.5, 0.6) is 17.2 Å². The number of hydrogen-bond donors (Lipinski definition) is 2. The molecule has 1 saturated heterocycles. The number of nitrogens with zero attached hydrogens (tertiary/aromatic N) is 1. The van der Waals surface area contributed by atoms with Gasteiger partial charge in [0.1, 0.15) is 28.4 Å². The van der Waals surface area contributed by atoms with Crippen molar-refractivity contribution in [3.05, 3.63) is 69.4 Å². The molecule has 5 unspecified atom stereocenters. The van der Waals surface area contributed by atoms with Crippen molar-refractivity contribution >= 4 is 23.5 Å². The molecule has 6 aliphatic rings. The number of ether oxygens (including phenoxy) is 3. The number of fused-ring (bicyclic) bond motifs is 2. The molecule has 9 nitrogen and oxygen atoms in total. The number of allylic oxidation sites excluding steroid dienone is 5. The average Bonchev–Trinajstić information content (AvgIpc) is 3.25. The van der Waals surface area contributed by atoms with Gasteiger partial charge in [0.25, 0.3) is 0 Å². The number of rotatable bonds is 13. The molecule has 1 aromatic rings. The van der Waals surface area contributed by atoms with Crippen LogP contribution in [0.4, 0.5) is 0 Å². The highest BCUT2D eigenvalue weighted by atomic mass is 16.6. The maximum absolute atomic E-state index is 15.0. The Morgan fingerprint density at radius 1 is 1.00 bits per heavy atom. The molecule has 9 heteroatoms. The number of benzene rings is 1. The third-order valence-electron chi connectivity index (χ3n) is 12.1. The largest absolute Gasteiger partial charge is 0.506 e. The molecule has 3 aliphatic heterocycles. The van der Waals surface area contributed by atoms with E-state index in [1.807, 2.05) is 46.8 Å². The van der Waals surface area contributed by atoms with E-state index in [0.717, 1.165) is 31.6 Å². The smallest absolute Gasteiger partial charge is 0.246 e. The summed E-state index contributed by atoms with van der Waals surface area (Å²) in [7, 11) is 0. The summed E-state index contributed by atoms with van der Waals surface area (Å²) in [6.07, 6.45) is 14.0. The Kier molecular flexibility index (Phi) is 10.3. The van der Waals surface area contributed by atoms with Gasteiger partial charge in [-0.1, -0.05) is 49.3 Å². The molecule has 1 aromatic carbocycles. The third-order valence-corrected chi connectivity index (χ3v) is 12.1. The van der Waals surface area contributed by atoms with Gasteiger partial charge in [-0.3, -0.25) is 14.4 Å². The number of Topliss-reactive ketones (excluding diaryl/α,β-unsaturated/α-hetero) is 2. The van der Waals surface area contributed by atoms with Crippen LogP contribution in [-0.4, -0.2) is 76.1 Å². The first-order valence-corrected chi connectivity index (χ1v) is 19.4. The first kappa shape index (κ1) is 38.8. The number of carbonyl (C=O) groups is 3. The highest BCUT2D eigenvalue weighted by Crippen LogP contribution is 2.68. The Morgan fingerprint density at radius 3 is 2.36 bits per heavy atom. The van der Waals surface area contributed by atoms with E-state index in [0.29, 0.717) is 53.8 Å². The lowest BCUT2D eigenvalue weighted by Crippen LogP contribution is -2.72. The van der Waals surface area contributed by atoms with E-state index in [4.69, 9.17) is 14.2 Å². The molecular weight excluding hydrogens is 668 g/mol. The number of ketones is 2. The monoisotopic (exact) mass is 726 g/mol. The maximum Gasteiger partial charge on any atom is 0.246 e. The van der Waals surface area contributed by atoms with Crippen LogP contribution in [0.2, 0.25) is 0 Å². The van der Waals surface area contributed by atoms with Crippen molar-refractivity contribution in [2.45, 2.75) is 124 Å². The lowest BCUT2D eigenvalue weighted by atomic mass is 9.51. The standard InChI is InChI=1S/C44H58N2O7/c1-11-46(12-2)23-22-45-40(50)28(7)17-21-43-39(49)29-24-32-36(48)34-35(47)30-18-20-42(10,19-13-14-26(3)4)51-37(30)31(16-15-27(5)6)38(34)52-44(32,43)33(25-29)41(8,9)53-43/h14-15,17-18,20,24,29,33,47H,11-13,16,19,21-23,25H2,1-10H3,(H,45,50). The van der Waals surface area contributed by atoms with Gasteiger partial charge >= 0.3 is 0 Å². The van der Waals surface area contributed by atoms with Crippen molar-refractivity contribution < 1.29 is 33.7 Å². The van der Waals surface area contributed by atoms with E-state index in [2.05, 4.69) is 50.1 Å². The van der Waals surface area contributed by atoms with Crippen LogP contribution >= 0.6 is 0 Å². The van der Waals surface area contributed by atoms with Gasteiger partial charge in [0.05, 0.1) is 11.2 Å². The summed E-state index contributed by atoms with van der Waals surface area (Å²) in [5.41, 5.74) is -0.238. The summed E-state index contributed by atoms with van der Waals surface area (Å²) >= 11 is 0. The van der Waals surface area contributed by atoms with Crippen LogP contribution in [0, 0.1) is 11.8 Å². The topological polar surface area (TPSA) is 114 Å². The second kappa shape index (κ2) is 14.0. The molecule has 53 heavy (non-hydrogen) atoms. The zero-order chi connectivity index (χ0) is 38.7. The Labute approximate surface area is 315 Å². The lowest BCUT2D eigenvalue weighted by molar-refractivity contribution is -0.171. The molecule has 1 amide bonds. The SMILES string of the molecule is CCN(CC)CCNC(=O)C(C)=CCC12OC(C)(C)C3CC(C=C4C(=O)c5c(O)c6c(c(CC=C(C)C)c5OC431)OC(C)(CCC=C(C)C)C=C6)C2=O. The fraction of sp³-hybridized carbons (Fsp3) is 0.568. The van der Waals surface area contributed by atoms with E-state index in [1.165, 1.54) is 5.57 Å². The Bertz CT molecular complexity index is 1870. The van der Waals surface area contributed by atoms with Crippen molar-refractivity contribution in [3.63, 3.8) is 0 Å². The van der Waals surface area contributed by atoms with Gasteiger partial charge in [0.15, 0.2) is 22.8 Å². The second-order valence-electron chi connectivity index (χ2n) is 16.7. The van der Waals surface area contributed by atoms with Crippen molar-refractivity contribution in [1.82, 2.24) is 10.2 Å². The first-order chi connectivity index (χ1) is 24.9. The highest BCUT2D eigenvalue weighted by molar-refractivity contribution is 6.19. The minimum Gasteiger partial charge on any atom is -0.506 e. The highest BCUT2D eigenvalue weighted by Gasteiger charge is 2.81. The molecule has 2 fully saturated rings. The maximum atomic E-state index is 15.0. The molecule has 0 aromatic heterocycles. The molecule has 2 N–H and O–H groups in total. The van der Waals surface area contributed by atoms with Crippen LogP contribution < -0.4 is 14.8 Å². The Hall–Kier alpha value is -3.95. The van der Waals surface area contributed by atoms with E-state index >= 15 is 0 Å². The quantitative estimate of drug-likeness (QED) is 0.158. The second-order valence-corrected chi connectivity index (χ2v) is 16.7. The van der Waals surface area contributed by atoms with Gasteiger partial charge in [0.2, 0.25) is 5.91 Å². The minimum atomic E-state index is -1.57. The number of amides is 1. The van der Waals surface area contributed by atoms with Gasteiger partial charge in [-0.2, -0.15) is 0 Å². The van der Waals surface area contributed by atoms with Crippen molar-refractivity contribution in [3.8, 4) is 17.2 Å².